The Kier molecular flexibility index (Phi) is 5.18. The Labute approximate surface area is 125 Å². The third-order valence-electron chi connectivity index (χ3n) is 2.70. The van der Waals surface area contributed by atoms with Crippen LogP contribution in [0.4, 0.5) is 0 Å². The van der Waals surface area contributed by atoms with E-state index < -0.39 is 0 Å². The molecule has 8 heteroatoms. The number of thioether (sulfide) groups is 1. The van der Waals surface area contributed by atoms with Crippen LogP contribution in [-0.4, -0.2) is 21.9 Å². The zero-order chi connectivity index (χ0) is 15.2. The van der Waals surface area contributed by atoms with Gasteiger partial charge in [-0.1, -0.05) is 17.8 Å². The van der Waals surface area contributed by atoms with Crippen LogP contribution >= 0.6 is 11.8 Å². The van der Waals surface area contributed by atoms with E-state index in [0.717, 1.165) is 0 Å². The number of nitrogens with two attached hydrogens (primary N) is 1. The minimum atomic E-state index is -0.213. The molecule has 0 radical (unpaired) electrons. The minimum Gasteiger partial charge on any atom is -0.490 e. The summed E-state index contributed by atoms with van der Waals surface area (Å²) in [5.74, 6) is 1.87. The first-order valence-electron chi connectivity index (χ1n) is 6.21. The van der Waals surface area contributed by atoms with Crippen molar-refractivity contribution in [1.82, 2.24) is 14.8 Å². The quantitative estimate of drug-likeness (QED) is 0.606. The fraction of sp³-hybridized carbons (Fsp3) is 0.308. The molecule has 0 atom stereocenters. The Hall–Kier alpha value is -2.06. The number of methoxy groups -OCH3 is 1. The van der Waals surface area contributed by atoms with Crippen LogP contribution in [-0.2, 0) is 18.8 Å². The molecule has 2 rings (SSSR count). The molecule has 2 N–H and O–H groups in total. The van der Waals surface area contributed by atoms with Crippen molar-refractivity contribution in [2.24, 2.45) is 5.73 Å². The van der Waals surface area contributed by atoms with Gasteiger partial charge in [-0.25, -0.2) is 0 Å². The zero-order valence-electron chi connectivity index (χ0n) is 11.6. The van der Waals surface area contributed by atoms with Crippen molar-refractivity contribution in [3.05, 3.63) is 46.8 Å². The van der Waals surface area contributed by atoms with Crippen molar-refractivity contribution in [2.45, 2.75) is 24.0 Å². The Morgan fingerprint density at radius 3 is 3.00 bits per heavy atom. The van der Waals surface area contributed by atoms with Gasteiger partial charge in [-0.3, -0.25) is 4.79 Å². The second-order valence-corrected chi connectivity index (χ2v) is 5.01. The summed E-state index contributed by atoms with van der Waals surface area (Å²) in [6, 6.07) is 1.41. The second kappa shape index (κ2) is 7.09. The van der Waals surface area contributed by atoms with Crippen LogP contribution in [0.2, 0.25) is 0 Å². The summed E-state index contributed by atoms with van der Waals surface area (Å²) in [5.41, 5.74) is 5.40. The van der Waals surface area contributed by atoms with E-state index in [2.05, 4.69) is 16.8 Å². The molecule has 2 aromatic rings. The molecule has 0 saturated carbocycles. The largest absolute Gasteiger partial charge is 0.490 e. The van der Waals surface area contributed by atoms with Crippen molar-refractivity contribution >= 4 is 11.8 Å². The van der Waals surface area contributed by atoms with Crippen LogP contribution in [0.1, 0.15) is 11.6 Å². The fourth-order valence-electron chi connectivity index (χ4n) is 1.69. The lowest BCUT2D eigenvalue weighted by molar-refractivity contribution is 0.381. The van der Waals surface area contributed by atoms with E-state index in [-0.39, 0.29) is 11.2 Å². The molecule has 2 aromatic heterocycles. The maximum absolute atomic E-state index is 11.6. The van der Waals surface area contributed by atoms with Gasteiger partial charge in [0, 0.05) is 12.6 Å². The topological polar surface area (TPSA) is 96.2 Å². The maximum Gasteiger partial charge on any atom is 0.227 e. The van der Waals surface area contributed by atoms with E-state index in [9.17, 15) is 4.79 Å². The van der Waals surface area contributed by atoms with Crippen LogP contribution in [0.3, 0.4) is 0 Å². The lowest BCUT2D eigenvalue weighted by Crippen LogP contribution is -2.08. The van der Waals surface area contributed by atoms with Gasteiger partial charge in [0.05, 0.1) is 19.4 Å². The Morgan fingerprint density at radius 1 is 1.57 bits per heavy atom. The molecule has 0 saturated heterocycles. The first-order chi connectivity index (χ1) is 10.2. The van der Waals surface area contributed by atoms with Gasteiger partial charge >= 0.3 is 0 Å². The van der Waals surface area contributed by atoms with E-state index in [1.807, 2.05) is 4.57 Å². The van der Waals surface area contributed by atoms with E-state index >= 15 is 0 Å². The van der Waals surface area contributed by atoms with E-state index in [4.69, 9.17) is 14.9 Å². The number of nitrogens with zero attached hydrogens (tertiary/aromatic N) is 3. The first kappa shape index (κ1) is 15.3. The molecule has 112 valence electrons. The normalized spacial score (nSPS) is 10.6. The highest BCUT2D eigenvalue weighted by Crippen LogP contribution is 2.22. The SMILES string of the molecule is C=CCn1c(CN)nnc1SCc1cc(=O)c(OC)co1. The molecule has 0 fully saturated rings. The molecule has 0 aliphatic heterocycles. The molecule has 0 bridgehead atoms. The molecule has 0 aliphatic rings. The summed E-state index contributed by atoms with van der Waals surface area (Å²) in [5, 5.41) is 8.80. The van der Waals surface area contributed by atoms with E-state index in [1.165, 1.54) is 31.2 Å². The molecule has 0 amide bonds. The van der Waals surface area contributed by atoms with E-state index in [1.54, 1.807) is 6.08 Å². The summed E-state index contributed by atoms with van der Waals surface area (Å²) in [6.07, 6.45) is 3.05. The third-order valence-corrected chi connectivity index (χ3v) is 3.69. The van der Waals surface area contributed by atoms with Gasteiger partial charge in [0.15, 0.2) is 5.16 Å². The highest BCUT2D eigenvalue weighted by Gasteiger charge is 2.11. The third kappa shape index (κ3) is 3.53. The van der Waals surface area contributed by atoms with Crippen molar-refractivity contribution < 1.29 is 9.15 Å². The maximum atomic E-state index is 11.6. The van der Waals surface area contributed by atoms with Gasteiger partial charge in [0.2, 0.25) is 11.2 Å². The molecular weight excluding hydrogens is 292 g/mol. The number of hydrogen-bond donors (Lipinski definition) is 1. The lowest BCUT2D eigenvalue weighted by Gasteiger charge is -2.06. The summed E-state index contributed by atoms with van der Waals surface area (Å²) < 4.78 is 12.1. The average Bonchev–Trinajstić information content (AvgIpc) is 2.88. The van der Waals surface area contributed by atoms with Gasteiger partial charge < -0.3 is 19.5 Å². The van der Waals surface area contributed by atoms with Crippen molar-refractivity contribution in [2.75, 3.05) is 7.11 Å². The van der Waals surface area contributed by atoms with Gasteiger partial charge in [-0.15, -0.1) is 16.8 Å². The lowest BCUT2D eigenvalue weighted by atomic mass is 10.4. The Balaban J connectivity index is 2.12. The summed E-state index contributed by atoms with van der Waals surface area (Å²) in [6.45, 7) is 4.58. The standard InChI is InChI=1S/C13H16N4O3S/c1-3-4-17-12(6-14)15-16-13(17)21-8-9-5-10(18)11(19-2)7-20-9/h3,5,7H,1,4,6,8,14H2,2H3. The average molecular weight is 308 g/mol. The number of allylic oxidation sites excluding steroid dienone is 1. The predicted octanol–water partition coefficient (Wildman–Crippen LogP) is 1.18. The second-order valence-electron chi connectivity index (χ2n) is 4.07. The highest BCUT2D eigenvalue weighted by atomic mass is 32.2. The zero-order valence-corrected chi connectivity index (χ0v) is 12.4. The van der Waals surface area contributed by atoms with Crippen LogP contribution < -0.4 is 15.9 Å². The van der Waals surface area contributed by atoms with Crippen LogP contribution in [0.5, 0.6) is 5.75 Å². The number of hydrogen-bond acceptors (Lipinski definition) is 7. The molecular formula is C13H16N4O3S. The number of rotatable bonds is 7. The molecule has 21 heavy (non-hydrogen) atoms. The molecule has 0 aliphatic carbocycles. The first-order valence-corrected chi connectivity index (χ1v) is 7.19. The van der Waals surface area contributed by atoms with Crippen LogP contribution in [0, 0.1) is 0 Å². The Morgan fingerprint density at radius 2 is 2.38 bits per heavy atom. The highest BCUT2D eigenvalue weighted by molar-refractivity contribution is 7.98. The molecule has 0 unspecified atom stereocenters. The van der Waals surface area contributed by atoms with Gasteiger partial charge in [-0.05, 0) is 0 Å². The van der Waals surface area contributed by atoms with E-state index in [0.29, 0.717) is 35.6 Å². The molecule has 2 heterocycles. The number of aromatic nitrogens is 3. The smallest absolute Gasteiger partial charge is 0.227 e. The van der Waals surface area contributed by atoms with Crippen LogP contribution in [0.25, 0.3) is 0 Å². The number of ether oxygens (including phenoxy) is 1. The van der Waals surface area contributed by atoms with Gasteiger partial charge in [0.25, 0.3) is 0 Å². The molecule has 0 aromatic carbocycles. The Bertz CT molecular complexity index is 680. The van der Waals surface area contributed by atoms with Gasteiger partial charge in [0.1, 0.15) is 17.8 Å². The van der Waals surface area contributed by atoms with Gasteiger partial charge in [-0.2, -0.15) is 0 Å². The molecule has 7 nitrogen and oxygen atoms in total. The van der Waals surface area contributed by atoms with Crippen molar-refractivity contribution in [1.29, 1.82) is 0 Å². The summed E-state index contributed by atoms with van der Waals surface area (Å²) in [4.78, 5) is 11.6. The van der Waals surface area contributed by atoms with Crippen molar-refractivity contribution in [3.63, 3.8) is 0 Å². The predicted molar refractivity (Wildman–Crippen MR) is 79.2 cm³/mol. The summed E-state index contributed by atoms with van der Waals surface area (Å²) in [7, 11) is 1.42. The van der Waals surface area contributed by atoms with Crippen LogP contribution in [0.15, 0.2) is 39.4 Å². The summed E-state index contributed by atoms with van der Waals surface area (Å²) >= 11 is 1.41. The monoisotopic (exact) mass is 308 g/mol. The fourth-order valence-corrected chi connectivity index (χ4v) is 2.54. The minimum absolute atomic E-state index is 0.184. The molecule has 0 spiro atoms. The van der Waals surface area contributed by atoms with Crippen molar-refractivity contribution in [3.8, 4) is 5.75 Å².